The van der Waals surface area contributed by atoms with Crippen LogP contribution < -0.4 is 15.0 Å². The Kier molecular flexibility index (Phi) is 5.89. The molecule has 2 atom stereocenters. The third-order valence-corrected chi connectivity index (χ3v) is 5.73. The molecule has 4 rings (SSSR count). The number of hydrogen-bond acceptors (Lipinski definition) is 5. The van der Waals surface area contributed by atoms with Crippen molar-refractivity contribution in [3.63, 3.8) is 0 Å². The van der Waals surface area contributed by atoms with Gasteiger partial charge in [0.1, 0.15) is 54.7 Å². The van der Waals surface area contributed by atoms with Crippen molar-refractivity contribution in [3.8, 4) is 11.5 Å². The molecule has 1 amide bonds. The average molecular weight is 426 g/mol. The van der Waals surface area contributed by atoms with Gasteiger partial charge in [-0.3, -0.25) is 4.79 Å². The maximum atomic E-state index is 13.2. The first kappa shape index (κ1) is 21.2. The molecule has 7 heteroatoms. The number of methoxy groups -OCH3 is 1. The zero-order valence-electron chi connectivity index (χ0n) is 18.3. The van der Waals surface area contributed by atoms with Crippen LogP contribution in [0.3, 0.4) is 0 Å². The van der Waals surface area contributed by atoms with E-state index in [2.05, 4.69) is 19.2 Å². The van der Waals surface area contributed by atoms with E-state index in [9.17, 15) is 9.90 Å². The number of carbonyl (C=O) groups is 1. The molecule has 0 saturated carbocycles. The van der Waals surface area contributed by atoms with Crippen molar-refractivity contribution in [3.05, 3.63) is 53.3 Å². The first-order valence-electron chi connectivity index (χ1n) is 10.5. The van der Waals surface area contributed by atoms with Crippen LogP contribution in [0.2, 0.25) is 0 Å². The SMILES string of the molecule is COc1ccc(NC(=O)c2c(C)oc3ccc(O)c(C[NH+]4C[C@@H](C)O[C@H](C)C4)c23)cc1. The number of ether oxygens (including phenoxy) is 2. The first-order valence-corrected chi connectivity index (χ1v) is 10.5. The van der Waals surface area contributed by atoms with Crippen molar-refractivity contribution in [2.75, 3.05) is 25.5 Å². The predicted molar refractivity (Wildman–Crippen MR) is 118 cm³/mol. The molecule has 0 spiro atoms. The first-order chi connectivity index (χ1) is 14.9. The second-order valence-electron chi connectivity index (χ2n) is 8.24. The summed E-state index contributed by atoms with van der Waals surface area (Å²) in [6.07, 6.45) is 0.285. The highest BCUT2D eigenvalue weighted by atomic mass is 16.5. The number of nitrogens with one attached hydrogen (secondary N) is 2. The van der Waals surface area contributed by atoms with Crippen LogP contribution in [0, 0.1) is 6.92 Å². The number of carbonyl (C=O) groups excluding carboxylic acids is 1. The monoisotopic (exact) mass is 425 g/mol. The van der Waals surface area contributed by atoms with Gasteiger partial charge >= 0.3 is 0 Å². The fraction of sp³-hybridized carbons (Fsp3) is 0.375. The van der Waals surface area contributed by atoms with Crippen LogP contribution in [0.25, 0.3) is 11.0 Å². The zero-order chi connectivity index (χ0) is 22.1. The molecule has 1 saturated heterocycles. The molecule has 0 aliphatic carbocycles. The van der Waals surface area contributed by atoms with E-state index in [4.69, 9.17) is 13.9 Å². The highest BCUT2D eigenvalue weighted by Crippen LogP contribution is 2.34. The molecule has 3 N–H and O–H groups in total. The highest BCUT2D eigenvalue weighted by Gasteiger charge is 2.29. The number of aryl methyl sites for hydroxylation is 1. The third-order valence-electron chi connectivity index (χ3n) is 5.73. The van der Waals surface area contributed by atoms with Crippen LogP contribution in [0.4, 0.5) is 5.69 Å². The van der Waals surface area contributed by atoms with E-state index in [0.717, 1.165) is 18.7 Å². The lowest BCUT2D eigenvalue weighted by Crippen LogP contribution is -3.14. The maximum Gasteiger partial charge on any atom is 0.259 e. The summed E-state index contributed by atoms with van der Waals surface area (Å²) >= 11 is 0. The Balaban J connectivity index is 1.69. The van der Waals surface area contributed by atoms with Gasteiger partial charge in [0.25, 0.3) is 5.91 Å². The minimum Gasteiger partial charge on any atom is -0.507 e. The number of anilines is 1. The zero-order valence-corrected chi connectivity index (χ0v) is 18.3. The Hall–Kier alpha value is -3.03. The molecule has 1 aromatic heterocycles. The summed E-state index contributed by atoms with van der Waals surface area (Å²) in [5.74, 6) is 1.14. The second-order valence-corrected chi connectivity index (χ2v) is 8.24. The van der Waals surface area contributed by atoms with Crippen molar-refractivity contribution in [1.29, 1.82) is 0 Å². The largest absolute Gasteiger partial charge is 0.507 e. The van der Waals surface area contributed by atoms with E-state index < -0.39 is 0 Å². The normalized spacial score (nSPS) is 21.2. The molecule has 164 valence electrons. The van der Waals surface area contributed by atoms with Gasteiger partial charge in [-0.15, -0.1) is 0 Å². The fourth-order valence-electron chi connectivity index (χ4n) is 4.47. The van der Waals surface area contributed by atoms with Gasteiger partial charge in [0, 0.05) is 11.1 Å². The van der Waals surface area contributed by atoms with Crippen molar-refractivity contribution >= 4 is 22.6 Å². The smallest absolute Gasteiger partial charge is 0.259 e. The minimum absolute atomic E-state index is 0.143. The number of quaternary nitrogens is 1. The van der Waals surface area contributed by atoms with Gasteiger partial charge in [-0.1, -0.05) is 0 Å². The second kappa shape index (κ2) is 8.61. The van der Waals surface area contributed by atoms with Crippen LogP contribution in [0.5, 0.6) is 11.5 Å². The molecule has 0 radical (unpaired) electrons. The number of phenolic OH excluding ortho intramolecular Hbond substituents is 1. The maximum absolute atomic E-state index is 13.2. The molecule has 1 aliphatic heterocycles. The molecule has 3 aromatic rings. The molecule has 1 fully saturated rings. The summed E-state index contributed by atoms with van der Waals surface area (Å²) in [5, 5.41) is 14.3. The molecule has 0 bridgehead atoms. The lowest BCUT2D eigenvalue weighted by molar-refractivity contribution is -0.928. The Labute approximate surface area is 181 Å². The predicted octanol–water partition coefficient (Wildman–Crippen LogP) is 2.90. The number of aromatic hydroxyl groups is 1. The van der Waals surface area contributed by atoms with Crippen LogP contribution >= 0.6 is 0 Å². The van der Waals surface area contributed by atoms with E-state index in [1.807, 2.05) is 0 Å². The number of fused-ring (bicyclic) bond motifs is 1. The van der Waals surface area contributed by atoms with Crippen molar-refractivity contribution in [1.82, 2.24) is 0 Å². The van der Waals surface area contributed by atoms with E-state index in [-0.39, 0.29) is 23.9 Å². The number of hydrogen-bond donors (Lipinski definition) is 3. The summed E-state index contributed by atoms with van der Waals surface area (Å²) in [6, 6.07) is 10.5. The lowest BCUT2D eigenvalue weighted by atomic mass is 10.0. The number of amides is 1. The van der Waals surface area contributed by atoms with E-state index in [1.165, 1.54) is 4.90 Å². The van der Waals surface area contributed by atoms with Gasteiger partial charge < -0.3 is 29.2 Å². The van der Waals surface area contributed by atoms with E-state index >= 15 is 0 Å². The molecular weight excluding hydrogens is 396 g/mol. The average Bonchev–Trinajstić information content (AvgIpc) is 3.06. The number of furan rings is 1. The molecule has 2 heterocycles. The molecule has 2 aromatic carbocycles. The number of morpholine rings is 1. The van der Waals surface area contributed by atoms with Gasteiger partial charge in [0.05, 0.1) is 18.2 Å². The molecule has 1 aliphatic rings. The number of benzene rings is 2. The fourth-order valence-corrected chi connectivity index (χ4v) is 4.47. The summed E-state index contributed by atoms with van der Waals surface area (Å²) in [5.41, 5.74) is 2.43. The summed E-state index contributed by atoms with van der Waals surface area (Å²) in [6.45, 7) is 8.16. The third kappa shape index (κ3) is 4.38. The molecule has 7 nitrogen and oxygen atoms in total. The Morgan fingerprint density at radius 3 is 2.48 bits per heavy atom. The van der Waals surface area contributed by atoms with Crippen molar-refractivity contribution in [2.24, 2.45) is 0 Å². The van der Waals surface area contributed by atoms with Crippen LogP contribution in [0.15, 0.2) is 40.8 Å². The van der Waals surface area contributed by atoms with Crippen molar-refractivity contribution in [2.45, 2.75) is 39.5 Å². The van der Waals surface area contributed by atoms with Crippen LogP contribution in [-0.4, -0.2) is 43.4 Å². The summed E-state index contributed by atoms with van der Waals surface area (Å²) < 4.78 is 16.9. The number of rotatable bonds is 5. The lowest BCUT2D eigenvalue weighted by Gasteiger charge is -2.32. The minimum atomic E-state index is -0.271. The molecule has 0 unspecified atom stereocenters. The van der Waals surface area contributed by atoms with Gasteiger partial charge in [0.15, 0.2) is 0 Å². The highest BCUT2D eigenvalue weighted by molar-refractivity contribution is 6.14. The van der Waals surface area contributed by atoms with E-state index in [1.54, 1.807) is 50.4 Å². The molecule has 31 heavy (non-hydrogen) atoms. The summed E-state index contributed by atoms with van der Waals surface area (Å²) in [4.78, 5) is 14.5. The van der Waals surface area contributed by atoms with Crippen LogP contribution in [0.1, 0.15) is 35.5 Å². The van der Waals surface area contributed by atoms with Gasteiger partial charge in [0.2, 0.25) is 0 Å². The number of phenols is 1. The Morgan fingerprint density at radius 1 is 1.16 bits per heavy atom. The van der Waals surface area contributed by atoms with Crippen LogP contribution in [-0.2, 0) is 11.3 Å². The Bertz CT molecular complexity index is 1080. The topological polar surface area (TPSA) is 85.4 Å². The summed E-state index contributed by atoms with van der Waals surface area (Å²) in [7, 11) is 1.60. The van der Waals surface area contributed by atoms with E-state index in [0.29, 0.717) is 40.3 Å². The Morgan fingerprint density at radius 2 is 1.84 bits per heavy atom. The standard InChI is InChI=1S/C24H28N2O5/c1-14-11-26(12-15(2)30-14)13-19-20(27)9-10-21-23(19)22(16(3)31-21)24(28)25-17-5-7-18(29-4)8-6-17/h5-10,14-15,27H,11-13H2,1-4H3,(H,25,28)/p+1/t14-,15-/m1/s1. The molecular formula is C24H29N2O5+. The van der Waals surface area contributed by atoms with Crippen molar-refractivity contribution < 1.29 is 28.7 Å². The van der Waals surface area contributed by atoms with Gasteiger partial charge in [-0.05, 0) is 57.2 Å². The van der Waals surface area contributed by atoms with Gasteiger partial charge in [-0.2, -0.15) is 0 Å². The quantitative estimate of drug-likeness (QED) is 0.585. The van der Waals surface area contributed by atoms with Gasteiger partial charge in [-0.25, -0.2) is 0 Å².